The minimum Gasteiger partial charge on any atom is -0.313 e. The van der Waals surface area contributed by atoms with Gasteiger partial charge in [0.15, 0.2) is 0 Å². The summed E-state index contributed by atoms with van der Waals surface area (Å²) in [7, 11) is 1.99. The van der Waals surface area contributed by atoms with Gasteiger partial charge in [-0.15, -0.1) is 0 Å². The molecule has 0 spiro atoms. The molecule has 3 rings (SSSR count). The number of imidazole rings is 1. The number of benzene rings is 1. The summed E-state index contributed by atoms with van der Waals surface area (Å²) in [5.41, 5.74) is 2.08. The second-order valence-electron chi connectivity index (χ2n) is 3.82. The fraction of sp³-hybridized carbons (Fsp3) is 0.0769. The number of nitrogens with one attached hydrogen (secondary N) is 1. The Morgan fingerprint density at radius 2 is 1.88 bits per heavy atom. The fourth-order valence-corrected chi connectivity index (χ4v) is 1.81. The number of aryl methyl sites for hydroxylation is 1. The number of hydrogen-bond acceptors (Lipinski definition) is 3. The number of para-hydroxylation sites is 2. The van der Waals surface area contributed by atoms with Crippen molar-refractivity contribution in [1.82, 2.24) is 14.5 Å². The van der Waals surface area contributed by atoms with E-state index in [1.807, 2.05) is 54.1 Å². The number of hydrogen-bond donors (Lipinski definition) is 1. The van der Waals surface area contributed by atoms with E-state index in [-0.39, 0.29) is 0 Å². The van der Waals surface area contributed by atoms with Crippen LogP contribution in [-0.2, 0) is 7.05 Å². The molecule has 0 atom stereocenters. The molecule has 0 amide bonds. The first-order valence-electron chi connectivity index (χ1n) is 5.44. The van der Waals surface area contributed by atoms with E-state index in [9.17, 15) is 0 Å². The molecule has 0 unspecified atom stereocenters. The normalized spacial score (nSPS) is 10.6. The second kappa shape index (κ2) is 3.90. The monoisotopic (exact) mass is 224 g/mol. The molecule has 4 heteroatoms. The zero-order valence-corrected chi connectivity index (χ0v) is 9.46. The van der Waals surface area contributed by atoms with Gasteiger partial charge in [0.25, 0.3) is 0 Å². The highest BCUT2D eigenvalue weighted by Crippen LogP contribution is 2.19. The fourth-order valence-electron chi connectivity index (χ4n) is 1.81. The largest absolute Gasteiger partial charge is 0.313 e. The van der Waals surface area contributed by atoms with Crippen LogP contribution in [0.2, 0.25) is 0 Å². The van der Waals surface area contributed by atoms with Crippen molar-refractivity contribution in [3.05, 3.63) is 48.7 Å². The smallest absolute Gasteiger partial charge is 0.209 e. The van der Waals surface area contributed by atoms with Crippen molar-refractivity contribution in [2.24, 2.45) is 7.05 Å². The summed E-state index contributed by atoms with van der Waals surface area (Å²) in [5, 5.41) is 3.20. The van der Waals surface area contributed by atoms with E-state index in [2.05, 4.69) is 15.3 Å². The van der Waals surface area contributed by atoms with Crippen molar-refractivity contribution in [2.45, 2.75) is 0 Å². The molecule has 84 valence electrons. The zero-order valence-electron chi connectivity index (χ0n) is 9.46. The molecule has 0 fully saturated rings. The highest BCUT2D eigenvalue weighted by molar-refractivity contribution is 5.79. The molecule has 17 heavy (non-hydrogen) atoms. The molecule has 1 N–H and O–H groups in total. The van der Waals surface area contributed by atoms with Gasteiger partial charge >= 0.3 is 0 Å². The van der Waals surface area contributed by atoms with Crippen LogP contribution in [0.4, 0.5) is 11.8 Å². The van der Waals surface area contributed by atoms with Gasteiger partial charge in [0.05, 0.1) is 11.0 Å². The summed E-state index contributed by atoms with van der Waals surface area (Å²) in [6.07, 6.45) is 1.75. The maximum absolute atomic E-state index is 4.52. The van der Waals surface area contributed by atoms with Gasteiger partial charge in [0.1, 0.15) is 5.82 Å². The molecule has 2 heterocycles. The van der Waals surface area contributed by atoms with Gasteiger partial charge in [0, 0.05) is 13.2 Å². The number of pyridine rings is 1. The molecule has 0 radical (unpaired) electrons. The third-order valence-electron chi connectivity index (χ3n) is 2.69. The van der Waals surface area contributed by atoms with Crippen molar-refractivity contribution >= 4 is 22.8 Å². The van der Waals surface area contributed by atoms with Gasteiger partial charge in [-0.2, -0.15) is 0 Å². The summed E-state index contributed by atoms with van der Waals surface area (Å²) >= 11 is 0. The summed E-state index contributed by atoms with van der Waals surface area (Å²) < 4.78 is 2.02. The average Bonchev–Trinajstić information content (AvgIpc) is 2.68. The Labute approximate surface area is 98.9 Å². The lowest BCUT2D eigenvalue weighted by molar-refractivity contribution is 0.955. The highest BCUT2D eigenvalue weighted by atomic mass is 15.2. The minimum absolute atomic E-state index is 0.796. The number of aromatic nitrogens is 3. The Balaban J connectivity index is 2.04. The first-order valence-corrected chi connectivity index (χ1v) is 5.44. The number of nitrogens with zero attached hydrogens (tertiary/aromatic N) is 3. The molecule has 2 aromatic heterocycles. The molecule has 0 saturated heterocycles. The maximum atomic E-state index is 4.52. The Bertz CT molecular complexity index is 643. The van der Waals surface area contributed by atoms with Gasteiger partial charge in [-0.25, -0.2) is 9.97 Å². The molecular formula is C13H12N4. The molecule has 0 aliphatic heterocycles. The molecule has 0 aliphatic rings. The molecular weight excluding hydrogens is 212 g/mol. The first kappa shape index (κ1) is 9.84. The number of rotatable bonds is 2. The van der Waals surface area contributed by atoms with Crippen LogP contribution in [0.5, 0.6) is 0 Å². The Morgan fingerprint density at radius 1 is 1.06 bits per heavy atom. The van der Waals surface area contributed by atoms with Crippen LogP contribution < -0.4 is 5.32 Å². The molecule has 1 aromatic carbocycles. The standard InChI is InChI=1S/C13H12N4/c1-17-11-7-3-2-6-10(11)15-13(17)16-12-8-4-5-9-14-12/h2-9H,1H3,(H,14,15,16). The van der Waals surface area contributed by atoms with Crippen LogP contribution in [0.15, 0.2) is 48.7 Å². The van der Waals surface area contributed by atoms with E-state index in [1.165, 1.54) is 0 Å². The van der Waals surface area contributed by atoms with E-state index < -0.39 is 0 Å². The summed E-state index contributed by atoms with van der Waals surface area (Å²) in [6.45, 7) is 0. The van der Waals surface area contributed by atoms with Crippen LogP contribution in [0.3, 0.4) is 0 Å². The van der Waals surface area contributed by atoms with Gasteiger partial charge in [0.2, 0.25) is 5.95 Å². The van der Waals surface area contributed by atoms with Crippen molar-refractivity contribution in [1.29, 1.82) is 0 Å². The lowest BCUT2D eigenvalue weighted by atomic mass is 10.3. The molecule has 3 aromatic rings. The highest BCUT2D eigenvalue weighted by Gasteiger charge is 2.06. The number of fused-ring (bicyclic) bond motifs is 1. The predicted molar refractivity (Wildman–Crippen MR) is 68.2 cm³/mol. The minimum atomic E-state index is 0.796. The maximum Gasteiger partial charge on any atom is 0.209 e. The van der Waals surface area contributed by atoms with Crippen LogP contribution in [-0.4, -0.2) is 14.5 Å². The molecule has 0 saturated carbocycles. The van der Waals surface area contributed by atoms with Crippen LogP contribution >= 0.6 is 0 Å². The van der Waals surface area contributed by atoms with E-state index in [0.29, 0.717) is 0 Å². The summed E-state index contributed by atoms with van der Waals surface area (Å²) in [5.74, 6) is 1.59. The topological polar surface area (TPSA) is 42.7 Å². The van der Waals surface area contributed by atoms with Crippen LogP contribution in [0.1, 0.15) is 0 Å². The van der Waals surface area contributed by atoms with Crippen molar-refractivity contribution < 1.29 is 0 Å². The van der Waals surface area contributed by atoms with E-state index in [0.717, 1.165) is 22.8 Å². The SMILES string of the molecule is Cn1c(Nc2ccccn2)nc2ccccc21. The van der Waals surface area contributed by atoms with Gasteiger partial charge in [-0.05, 0) is 24.3 Å². The molecule has 0 aliphatic carbocycles. The van der Waals surface area contributed by atoms with E-state index in [1.54, 1.807) is 6.20 Å². The third-order valence-corrected chi connectivity index (χ3v) is 2.69. The first-order chi connectivity index (χ1) is 8.34. The van der Waals surface area contributed by atoms with Crippen molar-refractivity contribution in [3.63, 3.8) is 0 Å². The molecule has 0 bridgehead atoms. The van der Waals surface area contributed by atoms with E-state index >= 15 is 0 Å². The number of anilines is 2. The Kier molecular flexibility index (Phi) is 2.26. The van der Waals surface area contributed by atoms with Crippen molar-refractivity contribution in [2.75, 3.05) is 5.32 Å². The third kappa shape index (κ3) is 1.73. The van der Waals surface area contributed by atoms with Gasteiger partial charge < -0.3 is 9.88 Å². The summed E-state index contributed by atoms with van der Waals surface area (Å²) in [6, 6.07) is 13.8. The van der Waals surface area contributed by atoms with E-state index in [4.69, 9.17) is 0 Å². The van der Waals surface area contributed by atoms with Crippen LogP contribution in [0.25, 0.3) is 11.0 Å². The Morgan fingerprint density at radius 3 is 2.65 bits per heavy atom. The second-order valence-corrected chi connectivity index (χ2v) is 3.82. The average molecular weight is 224 g/mol. The zero-order chi connectivity index (χ0) is 11.7. The lowest BCUT2D eigenvalue weighted by Crippen LogP contribution is -2.00. The lowest BCUT2D eigenvalue weighted by Gasteiger charge is -2.04. The van der Waals surface area contributed by atoms with Gasteiger partial charge in [-0.3, -0.25) is 0 Å². The van der Waals surface area contributed by atoms with Crippen LogP contribution in [0, 0.1) is 0 Å². The quantitative estimate of drug-likeness (QED) is 0.727. The van der Waals surface area contributed by atoms with Crippen molar-refractivity contribution in [3.8, 4) is 0 Å². The molecule has 4 nitrogen and oxygen atoms in total. The summed E-state index contributed by atoms with van der Waals surface area (Å²) in [4.78, 5) is 8.74. The Hall–Kier alpha value is -2.36. The predicted octanol–water partition coefficient (Wildman–Crippen LogP) is 2.71. The van der Waals surface area contributed by atoms with Gasteiger partial charge in [-0.1, -0.05) is 18.2 Å².